The SMILES string of the molecule is CC(C)(C)OC(=O)N1CCC[C@H](C(=O)Nc2ccc(-c3cnn(-c4cccc(-c5ccnn5C5CCCCO5)n4)c3)nc2)C1. The number of carbonyl (C=O) groups excluding carboxylic acids is 2. The Morgan fingerprint density at radius 1 is 1.00 bits per heavy atom. The molecule has 12 nitrogen and oxygen atoms in total. The Kier molecular flexibility index (Phi) is 8.42. The molecule has 2 saturated heterocycles. The second-order valence-corrected chi connectivity index (χ2v) is 12.2. The Hall–Kier alpha value is -4.58. The van der Waals surface area contributed by atoms with E-state index in [0.717, 1.165) is 49.2 Å². The predicted molar refractivity (Wildman–Crippen MR) is 164 cm³/mol. The van der Waals surface area contributed by atoms with Gasteiger partial charge in [0.2, 0.25) is 5.91 Å². The second-order valence-electron chi connectivity index (χ2n) is 12.2. The van der Waals surface area contributed by atoms with Crippen molar-refractivity contribution in [2.75, 3.05) is 25.0 Å². The van der Waals surface area contributed by atoms with Crippen LogP contribution in [0.2, 0.25) is 0 Å². The number of nitrogens with one attached hydrogen (secondary N) is 1. The molecule has 0 radical (unpaired) electrons. The number of nitrogens with zero attached hydrogens (tertiary/aromatic N) is 7. The largest absolute Gasteiger partial charge is 0.444 e. The van der Waals surface area contributed by atoms with Crippen molar-refractivity contribution in [2.45, 2.75) is 64.7 Å². The molecule has 0 saturated carbocycles. The van der Waals surface area contributed by atoms with E-state index in [1.54, 1.807) is 28.2 Å². The molecule has 0 bridgehead atoms. The molecule has 0 spiro atoms. The van der Waals surface area contributed by atoms with Crippen LogP contribution in [0.1, 0.15) is 59.1 Å². The molecule has 2 aliphatic heterocycles. The quantitative estimate of drug-likeness (QED) is 0.309. The third kappa shape index (κ3) is 6.80. The van der Waals surface area contributed by atoms with Crippen molar-refractivity contribution in [1.82, 2.24) is 34.4 Å². The summed E-state index contributed by atoms with van der Waals surface area (Å²) in [6, 6.07) is 11.4. The van der Waals surface area contributed by atoms with Crippen LogP contribution in [0.25, 0.3) is 28.5 Å². The fourth-order valence-electron chi connectivity index (χ4n) is 5.50. The average Bonchev–Trinajstić information content (AvgIpc) is 3.72. The van der Waals surface area contributed by atoms with Crippen molar-refractivity contribution in [1.29, 1.82) is 0 Å². The van der Waals surface area contributed by atoms with Crippen molar-refractivity contribution < 1.29 is 19.1 Å². The molecule has 2 fully saturated rings. The summed E-state index contributed by atoms with van der Waals surface area (Å²) in [5.74, 6) is 0.220. The van der Waals surface area contributed by atoms with Crippen LogP contribution in [-0.2, 0) is 14.3 Å². The van der Waals surface area contributed by atoms with Crippen LogP contribution in [-0.4, -0.2) is 71.7 Å². The molecule has 2 aliphatic rings. The Morgan fingerprint density at radius 2 is 1.89 bits per heavy atom. The van der Waals surface area contributed by atoms with Crippen LogP contribution in [0.3, 0.4) is 0 Å². The molecule has 1 N–H and O–H groups in total. The number of carbonyl (C=O) groups is 2. The number of aromatic nitrogens is 6. The first-order valence-electron chi connectivity index (χ1n) is 15.2. The molecule has 4 aromatic heterocycles. The van der Waals surface area contributed by atoms with Gasteiger partial charge in [0.15, 0.2) is 12.0 Å². The maximum atomic E-state index is 13.0. The molecule has 2 atom stereocenters. The highest BCUT2D eigenvalue weighted by molar-refractivity contribution is 5.93. The van der Waals surface area contributed by atoms with Gasteiger partial charge in [-0.25, -0.2) is 19.1 Å². The lowest BCUT2D eigenvalue weighted by atomic mass is 9.97. The highest BCUT2D eigenvalue weighted by Crippen LogP contribution is 2.28. The highest BCUT2D eigenvalue weighted by Gasteiger charge is 2.31. The lowest BCUT2D eigenvalue weighted by Crippen LogP contribution is -2.45. The predicted octanol–water partition coefficient (Wildman–Crippen LogP) is 5.48. The number of pyridine rings is 2. The fraction of sp³-hybridized carbons (Fsp3) is 0.438. The van der Waals surface area contributed by atoms with Gasteiger partial charge in [0, 0.05) is 37.7 Å². The maximum absolute atomic E-state index is 13.0. The van der Waals surface area contributed by atoms with E-state index in [1.807, 2.05) is 68.0 Å². The summed E-state index contributed by atoms with van der Waals surface area (Å²) in [6.45, 7) is 7.16. The summed E-state index contributed by atoms with van der Waals surface area (Å²) in [7, 11) is 0. The number of hydrogen-bond acceptors (Lipinski definition) is 8. The number of likely N-dealkylation sites (tertiary alicyclic amines) is 1. The zero-order valence-corrected chi connectivity index (χ0v) is 25.3. The smallest absolute Gasteiger partial charge is 0.410 e. The number of ether oxygens (including phenoxy) is 2. The van der Waals surface area contributed by atoms with Crippen molar-refractivity contribution in [3.05, 3.63) is 61.2 Å². The molecule has 4 aromatic rings. The van der Waals surface area contributed by atoms with E-state index in [0.29, 0.717) is 36.7 Å². The second kappa shape index (κ2) is 12.6. The minimum atomic E-state index is -0.578. The molecule has 2 amide bonds. The van der Waals surface area contributed by atoms with E-state index >= 15 is 0 Å². The monoisotopic (exact) mass is 598 g/mol. The average molecular weight is 599 g/mol. The van der Waals surface area contributed by atoms with Crippen LogP contribution in [0.5, 0.6) is 0 Å². The highest BCUT2D eigenvalue weighted by atomic mass is 16.6. The molecule has 230 valence electrons. The summed E-state index contributed by atoms with van der Waals surface area (Å²) in [5.41, 5.74) is 3.23. The van der Waals surface area contributed by atoms with Crippen molar-refractivity contribution >= 4 is 17.7 Å². The number of anilines is 1. The van der Waals surface area contributed by atoms with Gasteiger partial charge in [-0.3, -0.25) is 9.78 Å². The first kappa shape index (κ1) is 29.5. The summed E-state index contributed by atoms with van der Waals surface area (Å²) in [6.07, 6.45) is 11.1. The van der Waals surface area contributed by atoms with Crippen molar-refractivity contribution in [3.63, 3.8) is 0 Å². The van der Waals surface area contributed by atoms with Crippen molar-refractivity contribution in [3.8, 4) is 28.5 Å². The van der Waals surface area contributed by atoms with Crippen molar-refractivity contribution in [2.24, 2.45) is 5.92 Å². The van der Waals surface area contributed by atoms with Crippen LogP contribution in [0.15, 0.2) is 61.2 Å². The molecular formula is C32H38N8O4. The lowest BCUT2D eigenvalue weighted by Gasteiger charge is -2.33. The van der Waals surface area contributed by atoms with E-state index in [-0.39, 0.29) is 24.1 Å². The summed E-state index contributed by atoms with van der Waals surface area (Å²) in [5, 5.41) is 12.0. The van der Waals surface area contributed by atoms with Gasteiger partial charge in [0.05, 0.1) is 41.1 Å². The Labute approximate surface area is 256 Å². The normalized spacial score (nSPS) is 19.0. The summed E-state index contributed by atoms with van der Waals surface area (Å²) < 4.78 is 15.1. The lowest BCUT2D eigenvalue weighted by molar-refractivity contribution is -0.121. The van der Waals surface area contributed by atoms with Gasteiger partial charge in [0.1, 0.15) is 5.60 Å². The van der Waals surface area contributed by atoms with E-state index in [2.05, 4.69) is 20.5 Å². The van der Waals surface area contributed by atoms with E-state index in [9.17, 15) is 9.59 Å². The van der Waals surface area contributed by atoms with Crippen LogP contribution >= 0.6 is 0 Å². The summed E-state index contributed by atoms with van der Waals surface area (Å²) >= 11 is 0. The van der Waals surface area contributed by atoms with Gasteiger partial charge in [-0.2, -0.15) is 10.2 Å². The van der Waals surface area contributed by atoms with E-state index in [1.165, 1.54) is 0 Å². The molecule has 6 heterocycles. The molecule has 6 rings (SSSR count). The molecule has 12 heteroatoms. The molecular weight excluding hydrogens is 560 g/mol. The zero-order chi connectivity index (χ0) is 30.7. The first-order chi connectivity index (χ1) is 21.2. The van der Waals surface area contributed by atoms with Gasteiger partial charge in [0.25, 0.3) is 0 Å². The molecule has 1 unspecified atom stereocenters. The zero-order valence-electron chi connectivity index (χ0n) is 25.3. The van der Waals surface area contributed by atoms with Crippen LogP contribution in [0, 0.1) is 5.92 Å². The first-order valence-corrected chi connectivity index (χ1v) is 15.2. The Balaban J connectivity index is 1.10. The summed E-state index contributed by atoms with van der Waals surface area (Å²) in [4.78, 5) is 36.5. The van der Waals surface area contributed by atoms with Gasteiger partial charge in [-0.05, 0) is 83.2 Å². The third-order valence-corrected chi connectivity index (χ3v) is 7.68. The fourth-order valence-corrected chi connectivity index (χ4v) is 5.50. The van der Waals surface area contributed by atoms with Crippen LogP contribution in [0.4, 0.5) is 10.5 Å². The third-order valence-electron chi connectivity index (χ3n) is 7.68. The maximum Gasteiger partial charge on any atom is 0.410 e. The van der Waals surface area contributed by atoms with Gasteiger partial charge in [-0.15, -0.1) is 0 Å². The van der Waals surface area contributed by atoms with Gasteiger partial charge in [-0.1, -0.05) is 6.07 Å². The number of rotatable bonds is 6. The number of amides is 2. The molecule has 44 heavy (non-hydrogen) atoms. The number of hydrogen-bond donors (Lipinski definition) is 1. The topological polar surface area (TPSA) is 129 Å². The number of piperidine rings is 1. The standard InChI is InChI=1S/C32H38N8O4/c1-32(2,3)44-31(42)38-16-7-8-22(20-38)30(41)36-24-12-13-25(33-19-24)23-18-35-39(21-23)28-10-6-9-26(37-28)27-14-15-34-40(27)29-11-4-5-17-43-29/h6,9-10,12-15,18-19,21-22,29H,4-5,7-8,11,16-17,20H2,1-3H3,(H,36,41)/t22-,29?/m0/s1. The van der Waals surface area contributed by atoms with E-state index < -0.39 is 5.60 Å². The van der Waals surface area contributed by atoms with Gasteiger partial charge >= 0.3 is 6.09 Å². The van der Waals surface area contributed by atoms with E-state index in [4.69, 9.17) is 14.5 Å². The molecule has 0 aliphatic carbocycles. The van der Waals surface area contributed by atoms with Crippen LogP contribution < -0.4 is 5.32 Å². The Morgan fingerprint density at radius 3 is 2.66 bits per heavy atom. The minimum absolute atomic E-state index is 0.0797. The Bertz CT molecular complexity index is 1600. The molecule has 0 aromatic carbocycles. The minimum Gasteiger partial charge on any atom is -0.444 e. The van der Waals surface area contributed by atoms with Gasteiger partial charge < -0.3 is 19.7 Å².